The molecule has 2 aromatic carbocycles. The Kier molecular flexibility index (Phi) is 6.27. The van der Waals surface area contributed by atoms with E-state index in [0.29, 0.717) is 17.5 Å². The van der Waals surface area contributed by atoms with Gasteiger partial charge >= 0.3 is 0 Å². The second-order valence-electron chi connectivity index (χ2n) is 11.6. The van der Waals surface area contributed by atoms with Crippen LogP contribution in [0, 0.1) is 11.6 Å². The number of fused-ring (bicyclic) bond motifs is 1. The molecule has 1 N–H and O–H groups in total. The molecule has 1 saturated heterocycles. The van der Waals surface area contributed by atoms with E-state index in [1.165, 1.54) is 28.8 Å². The van der Waals surface area contributed by atoms with Crippen LogP contribution in [0.2, 0.25) is 0 Å². The summed E-state index contributed by atoms with van der Waals surface area (Å²) in [6.07, 6.45) is 10.0. The van der Waals surface area contributed by atoms with E-state index in [1.54, 1.807) is 18.5 Å². The summed E-state index contributed by atoms with van der Waals surface area (Å²) >= 11 is 0. The quantitative estimate of drug-likeness (QED) is 0.303. The van der Waals surface area contributed by atoms with Gasteiger partial charge in [0.05, 0.1) is 5.69 Å². The molecule has 2 atom stereocenters. The molecule has 6 rings (SSSR count). The zero-order valence-corrected chi connectivity index (χ0v) is 22.1. The van der Waals surface area contributed by atoms with Crippen molar-refractivity contribution in [2.75, 3.05) is 13.1 Å². The third-order valence-corrected chi connectivity index (χ3v) is 8.16. The first-order valence-electron chi connectivity index (χ1n) is 13.4. The molecule has 194 valence electrons. The highest BCUT2D eigenvalue weighted by molar-refractivity contribution is 5.91. The smallest absolute Gasteiger partial charge is 0.159 e. The van der Waals surface area contributed by atoms with Crippen LogP contribution in [0.25, 0.3) is 28.0 Å². The lowest BCUT2D eigenvalue weighted by molar-refractivity contribution is 0.286. The van der Waals surface area contributed by atoms with Crippen LogP contribution in [0.15, 0.2) is 79.3 Å². The van der Waals surface area contributed by atoms with Crippen molar-refractivity contribution in [1.82, 2.24) is 14.9 Å². The molecule has 0 bridgehead atoms. The minimum atomic E-state index is -0.848. The van der Waals surface area contributed by atoms with Crippen molar-refractivity contribution in [3.8, 4) is 22.4 Å². The van der Waals surface area contributed by atoms with Gasteiger partial charge in [0.15, 0.2) is 11.6 Å². The summed E-state index contributed by atoms with van der Waals surface area (Å²) in [5.74, 6) is -1.17. The molecule has 0 radical (unpaired) electrons. The van der Waals surface area contributed by atoms with Crippen LogP contribution in [-0.2, 0) is 5.41 Å². The van der Waals surface area contributed by atoms with Crippen molar-refractivity contribution in [2.24, 2.45) is 0 Å². The van der Waals surface area contributed by atoms with Crippen LogP contribution in [0.5, 0.6) is 0 Å². The maximum atomic E-state index is 14.1. The van der Waals surface area contributed by atoms with E-state index in [2.05, 4.69) is 66.0 Å². The van der Waals surface area contributed by atoms with Crippen LogP contribution in [0.1, 0.15) is 56.2 Å². The predicted molar refractivity (Wildman–Crippen MR) is 150 cm³/mol. The van der Waals surface area contributed by atoms with E-state index in [9.17, 15) is 8.78 Å². The van der Waals surface area contributed by atoms with Crippen LogP contribution >= 0.6 is 0 Å². The lowest BCUT2D eigenvalue weighted by Gasteiger charge is -2.28. The van der Waals surface area contributed by atoms with Crippen molar-refractivity contribution in [1.29, 1.82) is 0 Å². The second-order valence-corrected chi connectivity index (χ2v) is 11.6. The minimum absolute atomic E-state index is 0.158. The molecule has 0 aliphatic carbocycles. The Labute approximate surface area is 223 Å². The number of H-pyrrole nitrogens is 1. The molecule has 0 saturated carbocycles. The van der Waals surface area contributed by atoms with Gasteiger partial charge in [-0.25, -0.2) is 8.78 Å². The first-order valence-corrected chi connectivity index (χ1v) is 13.4. The van der Waals surface area contributed by atoms with E-state index < -0.39 is 11.6 Å². The number of aromatic nitrogens is 2. The third-order valence-electron chi connectivity index (χ3n) is 8.16. The Morgan fingerprint density at radius 3 is 2.39 bits per heavy atom. The summed E-state index contributed by atoms with van der Waals surface area (Å²) in [5, 5.41) is 0. The molecule has 5 heteroatoms. The Morgan fingerprint density at radius 2 is 1.68 bits per heavy atom. The van der Waals surface area contributed by atoms with E-state index in [1.807, 2.05) is 18.3 Å². The molecule has 2 aliphatic heterocycles. The van der Waals surface area contributed by atoms with Gasteiger partial charge in [0.25, 0.3) is 0 Å². The molecule has 1 fully saturated rings. The van der Waals surface area contributed by atoms with Crippen molar-refractivity contribution in [3.05, 3.63) is 108 Å². The molecule has 4 heterocycles. The first-order chi connectivity index (χ1) is 18.3. The summed E-state index contributed by atoms with van der Waals surface area (Å²) in [5.41, 5.74) is 8.78. The highest BCUT2D eigenvalue weighted by Crippen LogP contribution is 2.43. The molecular formula is C33H33F2N3. The van der Waals surface area contributed by atoms with Gasteiger partial charge < -0.3 is 4.98 Å². The molecule has 38 heavy (non-hydrogen) atoms. The van der Waals surface area contributed by atoms with Gasteiger partial charge in [0.1, 0.15) is 0 Å². The molecule has 4 aromatic rings. The second kappa shape index (κ2) is 9.63. The number of pyridine rings is 1. The summed E-state index contributed by atoms with van der Waals surface area (Å²) in [6.45, 7) is 8.85. The van der Waals surface area contributed by atoms with Gasteiger partial charge in [0.2, 0.25) is 0 Å². The first kappa shape index (κ1) is 24.7. The van der Waals surface area contributed by atoms with Gasteiger partial charge in [-0.1, -0.05) is 51.1 Å². The number of benzene rings is 2. The number of halogens is 2. The fourth-order valence-electron chi connectivity index (χ4n) is 6.04. The van der Waals surface area contributed by atoms with E-state index in [0.717, 1.165) is 48.3 Å². The maximum absolute atomic E-state index is 14.1. The summed E-state index contributed by atoms with van der Waals surface area (Å²) < 4.78 is 27.8. The van der Waals surface area contributed by atoms with Crippen LogP contribution in [-0.4, -0.2) is 34.0 Å². The van der Waals surface area contributed by atoms with Gasteiger partial charge in [-0.2, -0.15) is 0 Å². The van der Waals surface area contributed by atoms with Crippen molar-refractivity contribution < 1.29 is 8.78 Å². The monoisotopic (exact) mass is 509 g/mol. The van der Waals surface area contributed by atoms with Gasteiger partial charge in [0, 0.05) is 54.4 Å². The number of aromatic amines is 1. The largest absolute Gasteiger partial charge is 0.360 e. The Balaban J connectivity index is 1.33. The van der Waals surface area contributed by atoms with Crippen molar-refractivity contribution >= 4 is 5.57 Å². The van der Waals surface area contributed by atoms with E-state index in [4.69, 9.17) is 0 Å². The Morgan fingerprint density at radius 1 is 0.921 bits per heavy atom. The van der Waals surface area contributed by atoms with Crippen molar-refractivity contribution in [2.45, 2.75) is 51.0 Å². The SMILES string of the molecule is CC(C)(C)c1ccc([C@@H]2C[C@H]3C=C(c4c[nH]c(-c5ccc(F)c(F)c5)c4-c4ccncc4)CCN3C2)cc1. The summed E-state index contributed by atoms with van der Waals surface area (Å²) in [6, 6.07) is 17.6. The van der Waals surface area contributed by atoms with E-state index >= 15 is 0 Å². The topological polar surface area (TPSA) is 31.9 Å². The van der Waals surface area contributed by atoms with Gasteiger partial charge in [-0.3, -0.25) is 9.88 Å². The predicted octanol–water partition coefficient (Wildman–Crippen LogP) is 7.96. The zero-order chi connectivity index (χ0) is 26.4. The molecule has 2 aliphatic rings. The number of hydrogen-bond donors (Lipinski definition) is 1. The van der Waals surface area contributed by atoms with Gasteiger partial charge in [-0.15, -0.1) is 0 Å². The Hall–Kier alpha value is -3.57. The van der Waals surface area contributed by atoms with Crippen LogP contribution < -0.4 is 0 Å². The average Bonchev–Trinajstić information content (AvgIpc) is 3.55. The molecule has 2 aromatic heterocycles. The average molecular weight is 510 g/mol. The lowest BCUT2D eigenvalue weighted by atomic mass is 9.85. The molecule has 0 unspecified atom stereocenters. The molecular weight excluding hydrogens is 476 g/mol. The van der Waals surface area contributed by atoms with Gasteiger partial charge in [-0.05, 0) is 76.8 Å². The van der Waals surface area contributed by atoms with Crippen LogP contribution in [0.4, 0.5) is 8.78 Å². The molecule has 0 amide bonds. The summed E-state index contributed by atoms with van der Waals surface area (Å²) in [7, 11) is 0. The maximum Gasteiger partial charge on any atom is 0.159 e. The normalized spacial score (nSPS) is 19.9. The fraction of sp³-hybridized carbons (Fsp3) is 0.303. The highest BCUT2D eigenvalue weighted by Gasteiger charge is 2.35. The third kappa shape index (κ3) is 4.60. The standard InChI is InChI=1S/C33H33F2N3/c1-33(2,3)26-7-4-21(5-8-26)25-17-27-16-23(12-15-38(27)20-25)28-19-37-32(24-6-9-29(34)30(35)18-24)31(28)22-10-13-36-14-11-22/h4-11,13-14,16,18-19,25,27,37H,12,15,17,20H2,1-3H3/t25-,27-/m1/s1. The molecule has 0 spiro atoms. The molecule has 3 nitrogen and oxygen atoms in total. The zero-order valence-electron chi connectivity index (χ0n) is 22.1. The number of nitrogens with zero attached hydrogens (tertiary/aromatic N) is 2. The lowest BCUT2D eigenvalue weighted by Crippen LogP contribution is -2.32. The number of hydrogen-bond acceptors (Lipinski definition) is 2. The summed E-state index contributed by atoms with van der Waals surface area (Å²) in [4.78, 5) is 10.2. The number of nitrogens with one attached hydrogen (secondary N) is 1. The minimum Gasteiger partial charge on any atom is -0.360 e. The fourth-order valence-corrected chi connectivity index (χ4v) is 6.04. The highest BCUT2D eigenvalue weighted by atomic mass is 19.2. The van der Waals surface area contributed by atoms with Crippen LogP contribution in [0.3, 0.4) is 0 Å². The number of rotatable bonds is 4. The van der Waals surface area contributed by atoms with Crippen molar-refractivity contribution in [3.63, 3.8) is 0 Å². The Bertz CT molecular complexity index is 1480. The van der Waals surface area contributed by atoms with E-state index in [-0.39, 0.29) is 5.41 Å².